The average Bonchev–Trinajstić information content (AvgIpc) is 2.82. The van der Waals surface area contributed by atoms with E-state index in [1.54, 1.807) is 0 Å². The molecule has 0 unspecified atom stereocenters. The van der Waals surface area contributed by atoms with Gasteiger partial charge in [-0.2, -0.15) is 0 Å². The third-order valence-corrected chi connectivity index (χ3v) is 3.58. The molecule has 0 radical (unpaired) electrons. The van der Waals surface area contributed by atoms with Crippen molar-refractivity contribution in [2.75, 3.05) is 11.9 Å². The van der Waals surface area contributed by atoms with E-state index < -0.39 is 11.6 Å². The maximum absolute atomic E-state index is 14.1. The molecular formula is C15H16F2N2. The second kappa shape index (κ2) is 4.76. The predicted molar refractivity (Wildman–Crippen MR) is 72.5 cm³/mol. The van der Waals surface area contributed by atoms with Crippen LogP contribution in [-0.4, -0.2) is 11.5 Å². The molecule has 0 saturated heterocycles. The minimum Gasteiger partial charge on any atom is -0.384 e. The first kappa shape index (κ1) is 12.3. The summed E-state index contributed by atoms with van der Waals surface area (Å²) < 4.78 is 27.4. The van der Waals surface area contributed by atoms with E-state index in [0.29, 0.717) is 10.9 Å². The monoisotopic (exact) mass is 262 g/mol. The highest BCUT2D eigenvalue weighted by molar-refractivity contribution is 5.94. The molecule has 0 spiro atoms. The van der Waals surface area contributed by atoms with Crippen molar-refractivity contribution in [2.45, 2.75) is 32.6 Å². The Morgan fingerprint density at radius 3 is 2.89 bits per heavy atom. The van der Waals surface area contributed by atoms with E-state index in [1.807, 2.05) is 0 Å². The summed E-state index contributed by atoms with van der Waals surface area (Å²) in [6.45, 7) is 2.84. The smallest absolute Gasteiger partial charge is 0.137 e. The standard InChI is InChI=1S/C15H16F2N2/c1-2-6-18-15-10-4-3-5-12(10)19-13-8-9(16)7-11(17)14(13)15/h7-8H,2-6H2,1H3,(H,18,19). The third-order valence-electron chi connectivity index (χ3n) is 3.58. The van der Waals surface area contributed by atoms with Gasteiger partial charge in [-0.05, 0) is 31.2 Å². The quantitative estimate of drug-likeness (QED) is 0.909. The second-order valence-electron chi connectivity index (χ2n) is 4.97. The lowest BCUT2D eigenvalue weighted by Crippen LogP contribution is -2.06. The summed E-state index contributed by atoms with van der Waals surface area (Å²) in [5.41, 5.74) is 3.32. The summed E-state index contributed by atoms with van der Waals surface area (Å²) in [4.78, 5) is 4.43. The lowest BCUT2D eigenvalue weighted by atomic mass is 10.1. The van der Waals surface area contributed by atoms with E-state index in [1.165, 1.54) is 6.07 Å². The number of rotatable bonds is 3. The zero-order valence-corrected chi connectivity index (χ0v) is 10.9. The van der Waals surface area contributed by atoms with Crippen LogP contribution in [-0.2, 0) is 12.8 Å². The third kappa shape index (κ3) is 2.05. The maximum Gasteiger partial charge on any atom is 0.137 e. The normalized spacial score (nSPS) is 13.8. The molecule has 2 nitrogen and oxygen atoms in total. The fourth-order valence-corrected chi connectivity index (χ4v) is 2.76. The molecule has 0 fully saturated rings. The van der Waals surface area contributed by atoms with Gasteiger partial charge in [-0.3, -0.25) is 4.98 Å². The van der Waals surface area contributed by atoms with Crippen LogP contribution in [0.5, 0.6) is 0 Å². The molecule has 1 aliphatic carbocycles. The second-order valence-corrected chi connectivity index (χ2v) is 4.97. The Balaban J connectivity index is 2.28. The van der Waals surface area contributed by atoms with Crippen LogP contribution >= 0.6 is 0 Å². The van der Waals surface area contributed by atoms with Gasteiger partial charge in [0.15, 0.2) is 0 Å². The van der Waals surface area contributed by atoms with Crippen molar-refractivity contribution in [3.05, 3.63) is 35.0 Å². The molecule has 0 bridgehead atoms. The van der Waals surface area contributed by atoms with Crippen molar-refractivity contribution in [3.8, 4) is 0 Å². The molecule has 1 heterocycles. The summed E-state index contributed by atoms with van der Waals surface area (Å²) in [7, 11) is 0. The summed E-state index contributed by atoms with van der Waals surface area (Å²) >= 11 is 0. The number of halogens is 2. The number of pyridine rings is 1. The minimum atomic E-state index is -0.572. The van der Waals surface area contributed by atoms with Crippen LogP contribution in [0.4, 0.5) is 14.5 Å². The summed E-state index contributed by atoms with van der Waals surface area (Å²) in [6.07, 6.45) is 3.80. The van der Waals surface area contributed by atoms with E-state index >= 15 is 0 Å². The molecule has 0 amide bonds. The van der Waals surface area contributed by atoms with Crippen LogP contribution in [0.3, 0.4) is 0 Å². The van der Waals surface area contributed by atoms with Crippen LogP contribution < -0.4 is 5.32 Å². The molecule has 4 heteroatoms. The zero-order chi connectivity index (χ0) is 13.4. The summed E-state index contributed by atoms with van der Waals surface area (Å²) in [6, 6.07) is 2.25. The number of aryl methyl sites for hydroxylation is 1. The van der Waals surface area contributed by atoms with E-state index in [0.717, 1.165) is 55.2 Å². The number of hydrogen-bond donors (Lipinski definition) is 1. The molecule has 100 valence electrons. The van der Waals surface area contributed by atoms with Crippen molar-refractivity contribution in [1.29, 1.82) is 0 Å². The summed E-state index contributed by atoms with van der Waals surface area (Å²) in [5.74, 6) is -1.10. The van der Waals surface area contributed by atoms with Crippen LogP contribution in [0.15, 0.2) is 12.1 Å². The molecule has 1 aromatic carbocycles. The number of nitrogens with one attached hydrogen (secondary N) is 1. The van der Waals surface area contributed by atoms with E-state index in [4.69, 9.17) is 0 Å². The van der Waals surface area contributed by atoms with Gasteiger partial charge in [0.25, 0.3) is 0 Å². The Morgan fingerprint density at radius 2 is 2.11 bits per heavy atom. The van der Waals surface area contributed by atoms with Crippen molar-refractivity contribution < 1.29 is 8.78 Å². The molecule has 1 aliphatic rings. The first-order valence-electron chi connectivity index (χ1n) is 6.75. The van der Waals surface area contributed by atoms with Gasteiger partial charge in [0.1, 0.15) is 11.6 Å². The van der Waals surface area contributed by atoms with Gasteiger partial charge in [-0.25, -0.2) is 8.78 Å². The highest BCUT2D eigenvalue weighted by Crippen LogP contribution is 2.35. The molecule has 0 atom stereocenters. The SMILES string of the molecule is CCCNc1c2c(nc3cc(F)cc(F)c13)CCC2. The highest BCUT2D eigenvalue weighted by Gasteiger charge is 2.21. The van der Waals surface area contributed by atoms with Crippen LogP contribution in [0.2, 0.25) is 0 Å². The number of nitrogens with zero attached hydrogens (tertiary/aromatic N) is 1. The first-order valence-corrected chi connectivity index (χ1v) is 6.75. The fourth-order valence-electron chi connectivity index (χ4n) is 2.76. The number of aromatic nitrogens is 1. The van der Waals surface area contributed by atoms with Crippen molar-refractivity contribution in [1.82, 2.24) is 4.98 Å². The van der Waals surface area contributed by atoms with Crippen molar-refractivity contribution in [3.63, 3.8) is 0 Å². The van der Waals surface area contributed by atoms with Gasteiger partial charge in [0, 0.05) is 24.4 Å². The van der Waals surface area contributed by atoms with Gasteiger partial charge in [0.05, 0.1) is 16.6 Å². The van der Waals surface area contributed by atoms with Crippen LogP contribution in [0, 0.1) is 11.6 Å². The first-order chi connectivity index (χ1) is 9.20. The molecule has 1 aromatic heterocycles. The number of hydrogen-bond acceptors (Lipinski definition) is 2. The fraction of sp³-hybridized carbons (Fsp3) is 0.400. The number of fused-ring (bicyclic) bond motifs is 2. The Hall–Kier alpha value is -1.71. The van der Waals surface area contributed by atoms with Crippen LogP contribution in [0.1, 0.15) is 31.0 Å². The number of benzene rings is 1. The Morgan fingerprint density at radius 1 is 1.26 bits per heavy atom. The average molecular weight is 262 g/mol. The van der Waals surface area contributed by atoms with E-state index in [2.05, 4.69) is 17.2 Å². The van der Waals surface area contributed by atoms with Gasteiger partial charge >= 0.3 is 0 Å². The predicted octanol–water partition coefficient (Wildman–Crippen LogP) is 3.82. The van der Waals surface area contributed by atoms with Crippen molar-refractivity contribution in [2.24, 2.45) is 0 Å². The molecule has 0 aliphatic heterocycles. The van der Waals surface area contributed by atoms with Crippen LogP contribution in [0.25, 0.3) is 10.9 Å². The summed E-state index contributed by atoms with van der Waals surface area (Å²) in [5, 5.41) is 3.72. The lowest BCUT2D eigenvalue weighted by molar-refractivity contribution is 0.591. The molecule has 3 rings (SSSR count). The van der Waals surface area contributed by atoms with Crippen molar-refractivity contribution >= 4 is 16.6 Å². The molecule has 19 heavy (non-hydrogen) atoms. The Kier molecular flexibility index (Phi) is 3.09. The van der Waals surface area contributed by atoms with Gasteiger partial charge < -0.3 is 5.32 Å². The molecule has 1 N–H and O–H groups in total. The Bertz CT molecular complexity index is 638. The number of anilines is 1. The largest absolute Gasteiger partial charge is 0.384 e. The zero-order valence-electron chi connectivity index (χ0n) is 10.9. The van der Waals surface area contributed by atoms with E-state index in [-0.39, 0.29) is 0 Å². The van der Waals surface area contributed by atoms with Gasteiger partial charge in [-0.1, -0.05) is 6.92 Å². The van der Waals surface area contributed by atoms with Gasteiger partial charge in [0.2, 0.25) is 0 Å². The molecular weight excluding hydrogens is 246 g/mol. The van der Waals surface area contributed by atoms with Gasteiger partial charge in [-0.15, -0.1) is 0 Å². The maximum atomic E-state index is 14.1. The van der Waals surface area contributed by atoms with E-state index in [9.17, 15) is 8.78 Å². The lowest BCUT2D eigenvalue weighted by Gasteiger charge is -2.14. The molecule has 2 aromatic rings. The molecule has 0 saturated carbocycles. The minimum absolute atomic E-state index is 0.414. The Labute approximate surface area is 110 Å². The highest BCUT2D eigenvalue weighted by atomic mass is 19.1. The topological polar surface area (TPSA) is 24.9 Å².